The number of pyridine rings is 4. The Morgan fingerprint density at radius 1 is 0.238 bits per heavy atom. The van der Waals surface area contributed by atoms with Crippen LogP contribution in [0.2, 0.25) is 10.0 Å². The van der Waals surface area contributed by atoms with Gasteiger partial charge in [-0.2, -0.15) is 0 Å². The maximum absolute atomic E-state index is 13.0. The van der Waals surface area contributed by atoms with Crippen molar-refractivity contribution in [1.29, 1.82) is 0 Å². The van der Waals surface area contributed by atoms with Crippen LogP contribution < -0.4 is 0 Å². The van der Waals surface area contributed by atoms with Crippen molar-refractivity contribution in [3.05, 3.63) is 442 Å². The first kappa shape index (κ1) is 98.8. The molecule has 6 fully saturated rings. The molecule has 0 bridgehead atoms. The van der Waals surface area contributed by atoms with Crippen molar-refractivity contribution < 1.29 is 55.9 Å². The number of amides is 6. The Kier molecular flexibility index (Phi) is 31.9. The molecule has 0 radical (unpaired) electrons. The van der Waals surface area contributed by atoms with Gasteiger partial charge >= 0.3 is 0 Å². The minimum absolute atomic E-state index is 0.00599. The summed E-state index contributed by atoms with van der Waals surface area (Å²) < 4.78 is 32.1. The molecule has 16 heterocycles. The number of benzene rings is 8. The molecule has 8 aromatic carbocycles. The van der Waals surface area contributed by atoms with Gasteiger partial charge in [0.15, 0.2) is 34.6 Å². The van der Waals surface area contributed by atoms with Gasteiger partial charge in [-0.05, 0) is 152 Å². The highest BCUT2D eigenvalue weighted by atomic mass is 35.5. The molecular weight excluding hydrogens is 1890 g/mol. The van der Waals surface area contributed by atoms with Gasteiger partial charge in [-0.15, -0.1) is 0 Å². The molecule has 6 amide bonds. The summed E-state index contributed by atoms with van der Waals surface area (Å²) >= 11 is 11.9. The molecule has 18 aromatic rings. The topological polar surface area (TPSA) is 330 Å². The Morgan fingerprint density at radius 3 is 0.714 bits per heavy atom. The number of aryl methyl sites for hydroxylation is 1. The zero-order valence-corrected chi connectivity index (χ0v) is 82.1. The van der Waals surface area contributed by atoms with Crippen molar-refractivity contribution in [2.24, 2.45) is 0 Å². The van der Waals surface area contributed by atoms with Gasteiger partial charge in [-0.1, -0.05) is 260 Å². The van der Waals surface area contributed by atoms with Crippen molar-refractivity contribution in [2.75, 3.05) is 78.5 Å². The average molecular weight is 2000 g/mol. The zero-order valence-electron chi connectivity index (χ0n) is 80.6. The zero-order chi connectivity index (χ0) is 101. The third-order valence-electron chi connectivity index (χ3n) is 27.4. The number of carbonyl (C=O) groups is 6. The first-order valence-electron chi connectivity index (χ1n) is 49.0. The Morgan fingerprint density at radius 2 is 0.463 bits per heavy atom. The Hall–Kier alpha value is -17.0. The van der Waals surface area contributed by atoms with Gasteiger partial charge in [0.2, 0.25) is 0 Å². The maximum Gasteiger partial charge on any atom is 0.259 e. The van der Waals surface area contributed by atoms with Crippen LogP contribution in [0.25, 0.3) is 67.9 Å². The van der Waals surface area contributed by atoms with E-state index in [9.17, 15) is 28.8 Å². The van der Waals surface area contributed by atoms with Crippen LogP contribution in [-0.4, -0.2) is 194 Å². The predicted molar refractivity (Wildman–Crippen MR) is 556 cm³/mol. The first-order valence-corrected chi connectivity index (χ1v) is 49.8. The van der Waals surface area contributed by atoms with Crippen molar-refractivity contribution in [3.63, 3.8) is 0 Å². The molecule has 0 aliphatic carbocycles. The van der Waals surface area contributed by atoms with Crippen LogP contribution in [-0.2, 0) is 0 Å². The number of halogens is 2. The number of aromatic nitrogens is 10. The molecule has 30 heteroatoms. The quantitative estimate of drug-likeness (QED) is 0.0770. The van der Waals surface area contributed by atoms with Crippen LogP contribution in [0, 0.1) is 6.92 Å². The van der Waals surface area contributed by atoms with Crippen molar-refractivity contribution in [2.45, 2.75) is 81.0 Å². The average Bonchev–Trinajstić information content (AvgIpc) is 1.70. The summed E-state index contributed by atoms with van der Waals surface area (Å²) in [5, 5.41) is 24.3. The molecule has 6 saturated heterocycles. The van der Waals surface area contributed by atoms with E-state index >= 15 is 0 Å². The van der Waals surface area contributed by atoms with E-state index in [-0.39, 0.29) is 41.4 Å². The molecule has 6 atom stereocenters. The van der Waals surface area contributed by atoms with Gasteiger partial charge < -0.3 is 56.5 Å². The van der Waals surface area contributed by atoms with E-state index < -0.39 is 0 Å². The highest BCUT2D eigenvalue weighted by molar-refractivity contribution is 6.31. The number of rotatable bonds is 18. The van der Waals surface area contributed by atoms with Gasteiger partial charge in [0.05, 0.1) is 37.2 Å². The lowest BCUT2D eigenvalue weighted by atomic mass is 9.99. The molecule has 0 N–H and O–H groups in total. The number of hydrogen-bond donors (Lipinski definition) is 0. The molecule has 10 aromatic heterocycles. The number of likely N-dealkylation sites (tertiary alicyclic amines) is 6. The maximum atomic E-state index is 13.0. The molecular formula is C117H104Cl2N16O12. The molecule has 147 heavy (non-hydrogen) atoms. The van der Waals surface area contributed by atoms with Crippen LogP contribution in [0.5, 0.6) is 0 Å². The lowest BCUT2D eigenvalue weighted by Gasteiger charge is -2.16. The summed E-state index contributed by atoms with van der Waals surface area (Å²) in [5.74, 6) is 4.98. The molecule has 24 rings (SSSR count). The van der Waals surface area contributed by atoms with E-state index in [4.69, 9.17) is 50.3 Å². The number of nitrogens with zero attached hydrogens (tertiary/aromatic N) is 16. The van der Waals surface area contributed by atoms with Gasteiger partial charge in [-0.25, -0.2) is 0 Å². The lowest BCUT2D eigenvalue weighted by Crippen LogP contribution is -2.28. The highest BCUT2D eigenvalue weighted by Gasteiger charge is 2.39. The third kappa shape index (κ3) is 23.9. The van der Waals surface area contributed by atoms with Gasteiger partial charge in [0.25, 0.3) is 35.4 Å². The predicted octanol–water partition coefficient (Wildman–Crippen LogP) is 23.0. The molecule has 738 valence electrons. The van der Waals surface area contributed by atoms with Gasteiger partial charge in [0.1, 0.15) is 33.4 Å². The minimum atomic E-state index is -0.0578. The summed E-state index contributed by atoms with van der Waals surface area (Å²) in [6, 6.07) is 89.8. The summed E-state index contributed by atoms with van der Waals surface area (Å²) in [7, 11) is 0. The van der Waals surface area contributed by atoms with Gasteiger partial charge in [0, 0.05) is 207 Å². The van der Waals surface area contributed by atoms with E-state index in [0.717, 1.165) is 122 Å². The normalized spacial score (nSPS) is 17.1. The lowest BCUT2D eigenvalue weighted by molar-refractivity contribution is 0.0783. The third-order valence-corrected chi connectivity index (χ3v) is 27.9. The van der Waals surface area contributed by atoms with Crippen LogP contribution in [0.4, 0.5) is 0 Å². The largest absolute Gasteiger partial charge is 0.355 e. The second-order valence-electron chi connectivity index (χ2n) is 36.7. The molecule has 28 nitrogen and oxygen atoms in total. The summed E-state index contributed by atoms with van der Waals surface area (Å²) in [6.07, 6.45) is 27.5. The van der Waals surface area contributed by atoms with Crippen LogP contribution in [0.3, 0.4) is 0 Å². The van der Waals surface area contributed by atoms with Crippen LogP contribution >= 0.6 is 23.2 Å². The fraction of sp³-hybridized carbons (Fsp3) is 0.214. The standard InChI is InChI=1S/C20H17ClN2O2.C20H19N3O2.C20H18N2O2.C19H16ClN3O2.2C19H17N3O2/c21-17-8-6-15(7-9-17)19-18(12-22-25-19)20(24)23-11-10-16(13-23)14-4-2-1-3-5-14;1-14-5-7-15(8-6-14)19-17(12-22-25-19)20(24)23-11-9-16(13-23)18-4-2-3-10-21-18;23-20(18-13-21-24-19(18)16-9-5-2-6-10-16)22-12-11-17(14-22)15-7-3-1-4-8-15;20-16-5-3-13(4-6-16)18-17(11-22-25-18)19(24)23-9-7-15(12-23)14-2-1-8-21-10-14;2*23-19(17-12-21-24-18(17)14-5-2-1-3-6-14)22-10-8-16(13-22)15-7-4-9-20-11-15/h1-9,12,16H,10-11,13H2;2-8,10,12,16H,9,11,13H2,1H3;1-10,13,17H,11-12,14H2;1-6,8,10-11,15H,7,9,12H2;2*1-7,9,11-12,16H,8,10,13H2/t;;;;2*16-/m....10/s1. The Labute approximate surface area is 859 Å². The fourth-order valence-corrected chi connectivity index (χ4v) is 19.7. The molecule has 6 aliphatic rings. The van der Waals surface area contributed by atoms with Crippen molar-refractivity contribution in [3.8, 4) is 67.9 Å². The van der Waals surface area contributed by atoms with Gasteiger partial charge in [-0.3, -0.25) is 48.7 Å². The molecule has 0 spiro atoms. The van der Waals surface area contributed by atoms with Crippen LogP contribution in [0.1, 0.15) is 175 Å². The second kappa shape index (κ2) is 47.5. The van der Waals surface area contributed by atoms with E-state index in [2.05, 4.69) is 93.3 Å². The smallest absolute Gasteiger partial charge is 0.259 e. The Bertz CT molecular complexity index is 6690. The molecule has 0 saturated carbocycles. The fourth-order valence-electron chi connectivity index (χ4n) is 19.5. The summed E-state index contributed by atoms with van der Waals surface area (Å²) in [6.45, 7) is 10.6. The minimum Gasteiger partial charge on any atom is -0.355 e. The first-order chi connectivity index (χ1) is 72.1. The van der Waals surface area contributed by atoms with Crippen LogP contribution in [0.15, 0.2) is 387 Å². The number of carbonyl (C=O) groups excluding carboxylic acids is 6. The molecule has 4 unspecified atom stereocenters. The monoisotopic (exact) mass is 1990 g/mol. The number of hydrogen-bond acceptors (Lipinski definition) is 22. The van der Waals surface area contributed by atoms with E-state index in [0.29, 0.717) is 147 Å². The SMILES string of the molecule is Cc1ccc(-c2oncc2C(=O)N2CCC(c3ccccn3)C2)cc1.O=C(c1cnoc1-c1ccc(Cl)cc1)N1CCC(c2ccccc2)C1.O=C(c1cnoc1-c1ccc(Cl)cc1)N1CCC(c2cccnc2)C1.O=C(c1cnoc1-c1ccccc1)N1CCC(c2ccccc2)C1.O=C(c1cnoc1-c1ccccc1)N1CC[C@@H](c2cccnc2)C1.O=C(c1cnoc1-c1ccccc1)N1CC[C@H](c2cccnc2)C1. The highest BCUT2D eigenvalue weighted by Crippen LogP contribution is 2.40. The van der Waals surface area contributed by atoms with E-state index in [1.54, 1.807) is 49.1 Å². The summed E-state index contributed by atoms with van der Waals surface area (Å²) in [4.78, 5) is 106. The van der Waals surface area contributed by atoms with E-state index in [1.165, 1.54) is 65.0 Å². The van der Waals surface area contributed by atoms with Crippen molar-refractivity contribution in [1.82, 2.24) is 80.3 Å². The second-order valence-corrected chi connectivity index (χ2v) is 37.6. The Balaban J connectivity index is 0.000000111. The summed E-state index contributed by atoms with van der Waals surface area (Å²) in [5.41, 5.74) is 16.4. The molecule has 6 aliphatic heterocycles. The van der Waals surface area contributed by atoms with E-state index in [1.807, 2.05) is 267 Å². The van der Waals surface area contributed by atoms with Crippen molar-refractivity contribution >= 4 is 58.6 Å².